The summed E-state index contributed by atoms with van der Waals surface area (Å²) in [5.41, 5.74) is 1.43. The van der Waals surface area contributed by atoms with Gasteiger partial charge in [0.15, 0.2) is 0 Å². The lowest BCUT2D eigenvalue weighted by Crippen LogP contribution is -2.16. The number of carbonyl (C=O) groups is 1. The van der Waals surface area contributed by atoms with Crippen LogP contribution in [0.15, 0.2) is 18.2 Å². The van der Waals surface area contributed by atoms with Gasteiger partial charge in [0.25, 0.3) is 0 Å². The van der Waals surface area contributed by atoms with E-state index in [0.717, 1.165) is 5.56 Å². The highest BCUT2D eigenvalue weighted by molar-refractivity contribution is 5.93. The molecule has 0 aromatic heterocycles. The highest BCUT2D eigenvalue weighted by atomic mass is 16.5. The maximum atomic E-state index is 11.7. The molecular weight excluding hydrogens is 216 g/mol. The third-order valence-corrected chi connectivity index (χ3v) is 2.52. The second-order valence-electron chi connectivity index (χ2n) is 4.86. The van der Waals surface area contributed by atoms with Gasteiger partial charge in [-0.25, -0.2) is 4.79 Å². The van der Waals surface area contributed by atoms with Crippen LogP contribution in [0.5, 0.6) is 5.75 Å². The van der Waals surface area contributed by atoms with E-state index in [1.807, 2.05) is 19.1 Å². The van der Waals surface area contributed by atoms with Crippen LogP contribution >= 0.6 is 0 Å². The van der Waals surface area contributed by atoms with Crippen LogP contribution in [0, 0.1) is 0 Å². The van der Waals surface area contributed by atoms with E-state index in [0.29, 0.717) is 17.9 Å². The van der Waals surface area contributed by atoms with Crippen LogP contribution in [-0.4, -0.2) is 19.7 Å². The Kier molecular flexibility index (Phi) is 4.16. The number of esters is 1. The van der Waals surface area contributed by atoms with Crippen molar-refractivity contribution in [1.29, 1.82) is 0 Å². The Hall–Kier alpha value is -1.51. The van der Waals surface area contributed by atoms with Gasteiger partial charge in [-0.05, 0) is 18.4 Å². The van der Waals surface area contributed by atoms with Crippen molar-refractivity contribution in [3.63, 3.8) is 0 Å². The standard InChI is InChI=1S/C14H20O3/c1-6-17-12-10(13(15)16-5)8-7-9-11(12)14(2,3)4/h7-9H,6H2,1-5H3. The molecule has 0 bridgehead atoms. The Morgan fingerprint density at radius 1 is 1.29 bits per heavy atom. The Labute approximate surface area is 103 Å². The first-order valence-electron chi connectivity index (χ1n) is 5.76. The molecule has 0 radical (unpaired) electrons. The molecule has 0 aliphatic carbocycles. The normalized spacial score (nSPS) is 11.1. The summed E-state index contributed by atoms with van der Waals surface area (Å²) in [6.07, 6.45) is 0. The Bertz CT molecular complexity index is 402. The molecule has 1 aromatic rings. The van der Waals surface area contributed by atoms with Crippen LogP contribution in [0.25, 0.3) is 0 Å². The summed E-state index contributed by atoms with van der Waals surface area (Å²) in [5, 5.41) is 0. The van der Waals surface area contributed by atoms with E-state index >= 15 is 0 Å². The van der Waals surface area contributed by atoms with E-state index in [1.54, 1.807) is 6.07 Å². The van der Waals surface area contributed by atoms with Crippen molar-refractivity contribution in [3.05, 3.63) is 29.3 Å². The van der Waals surface area contributed by atoms with Gasteiger partial charge < -0.3 is 9.47 Å². The number of para-hydroxylation sites is 1. The Morgan fingerprint density at radius 3 is 2.41 bits per heavy atom. The van der Waals surface area contributed by atoms with Crippen molar-refractivity contribution >= 4 is 5.97 Å². The summed E-state index contributed by atoms with van der Waals surface area (Å²) in [4.78, 5) is 11.7. The lowest BCUT2D eigenvalue weighted by molar-refractivity contribution is 0.0596. The first kappa shape index (κ1) is 13.6. The largest absolute Gasteiger partial charge is 0.493 e. The molecule has 0 amide bonds. The van der Waals surface area contributed by atoms with Crippen molar-refractivity contribution < 1.29 is 14.3 Å². The third-order valence-electron chi connectivity index (χ3n) is 2.52. The Morgan fingerprint density at radius 2 is 1.94 bits per heavy atom. The van der Waals surface area contributed by atoms with Crippen molar-refractivity contribution in [2.24, 2.45) is 0 Å². The van der Waals surface area contributed by atoms with Crippen LogP contribution in [0.4, 0.5) is 0 Å². The number of benzene rings is 1. The van der Waals surface area contributed by atoms with Gasteiger partial charge in [-0.15, -0.1) is 0 Å². The zero-order valence-corrected chi connectivity index (χ0v) is 11.2. The second-order valence-corrected chi connectivity index (χ2v) is 4.86. The van der Waals surface area contributed by atoms with Gasteiger partial charge in [-0.3, -0.25) is 0 Å². The van der Waals surface area contributed by atoms with Crippen molar-refractivity contribution in [2.75, 3.05) is 13.7 Å². The fourth-order valence-electron chi connectivity index (χ4n) is 1.70. The molecule has 0 saturated heterocycles. The average molecular weight is 236 g/mol. The number of carbonyl (C=O) groups excluding carboxylic acids is 1. The van der Waals surface area contributed by atoms with Gasteiger partial charge in [-0.2, -0.15) is 0 Å². The average Bonchev–Trinajstić information content (AvgIpc) is 2.27. The van der Waals surface area contributed by atoms with Crippen LogP contribution in [-0.2, 0) is 10.2 Å². The Balaban J connectivity index is 3.37. The van der Waals surface area contributed by atoms with Gasteiger partial charge in [0.1, 0.15) is 11.3 Å². The monoisotopic (exact) mass is 236 g/mol. The van der Waals surface area contributed by atoms with Crippen LogP contribution in [0.1, 0.15) is 43.6 Å². The highest BCUT2D eigenvalue weighted by Gasteiger charge is 2.24. The molecule has 0 N–H and O–H groups in total. The summed E-state index contributed by atoms with van der Waals surface area (Å²) in [5.74, 6) is 0.272. The molecule has 0 atom stereocenters. The van der Waals surface area contributed by atoms with Crippen molar-refractivity contribution in [2.45, 2.75) is 33.1 Å². The molecule has 3 heteroatoms. The third kappa shape index (κ3) is 2.99. The van der Waals surface area contributed by atoms with E-state index in [-0.39, 0.29) is 11.4 Å². The zero-order chi connectivity index (χ0) is 13.1. The maximum Gasteiger partial charge on any atom is 0.341 e. The molecule has 17 heavy (non-hydrogen) atoms. The summed E-state index contributed by atoms with van der Waals surface area (Å²) in [7, 11) is 1.38. The number of methoxy groups -OCH3 is 1. The maximum absolute atomic E-state index is 11.7. The minimum Gasteiger partial charge on any atom is -0.493 e. The van der Waals surface area contributed by atoms with E-state index in [4.69, 9.17) is 9.47 Å². The summed E-state index contributed by atoms with van der Waals surface area (Å²) < 4.78 is 10.4. The molecule has 94 valence electrons. The fourth-order valence-corrected chi connectivity index (χ4v) is 1.70. The van der Waals surface area contributed by atoms with E-state index in [9.17, 15) is 4.79 Å². The van der Waals surface area contributed by atoms with E-state index < -0.39 is 0 Å². The van der Waals surface area contributed by atoms with Gasteiger partial charge in [0, 0.05) is 5.56 Å². The van der Waals surface area contributed by atoms with Crippen molar-refractivity contribution in [3.8, 4) is 5.75 Å². The first-order valence-corrected chi connectivity index (χ1v) is 5.76. The minimum atomic E-state index is -0.362. The SMILES string of the molecule is CCOc1c(C(=O)OC)cccc1C(C)(C)C. The highest BCUT2D eigenvalue weighted by Crippen LogP contribution is 2.34. The van der Waals surface area contributed by atoms with Gasteiger partial charge in [-0.1, -0.05) is 32.9 Å². The predicted octanol–water partition coefficient (Wildman–Crippen LogP) is 3.17. The molecule has 0 heterocycles. The molecular formula is C14H20O3. The summed E-state index contributed by atoms with van der Waals surface area (Å²) in [6.45, 7) is 8.70. The molecule has 3 nitrogen and oxygen atoms in total. The van der Waals surface area contributed by atoms with Crippen LogP contribution in [0.3, 0.4) is 0 Å². The number of hydrogen-bond donors (Lipinski definition) is 0. The van der Waals surface area contributed by atoms with Gasteiger partial charge >= 0.3 is 5.97 Å². The molecule has 0 aliphatic rings. The molecule has 0 spiro atoms. The van der Waals surface area contributed by atoms with E-state index in [2.05, 4.69) is 20.8 Å². The van der Waals surface area contributed by atoms with Crippen LogP contribution < -0.4 is 4.74 Å². The first-order chi connectivity index (χ1) is 7.91. The summed E-state index contributed by atoms with van der Waals surface area (Å²) >= 11 is 0. The topological polar surface area (TPSA) is 35.5 Å². The summed E-state index contributed by atoms with van der Waals surface area (Å²) in [6, 6.07) is 5.57. The number of hydrogen-bond acceptors (Lipinski definition) is 3. The fraction of sp³-hybridized carbons (Fsp3) is 0.500. The van der Waals surface area contributed by atoms with E-state index in [1.165, 1.54) is 7.11 Å². The van der Waals surface area contributed by atoms with Gasteiger partial charge in [0.2, 0.25) is 0 Å². The quantitative estimate of drug-likeness (QED) is 0.756. The molecule has 0 aliphatic heterocycles. The van der Waals surface area contributed by atoms with Crippen molar-refractivity contribution in [1.82, 2.24) is 0 Å². The van der Waals surface area contributed by atoms with Crippen LogP contribution in [0.2, 0.25) is 0 Å². The molecule has 1 aromatic carbocycles. The molecule has 0 saturated carbocycles. The number of ether oxygens (including phenoxy) is 2. The molecule has 0 fully saturated rings. The smallest absolute Gasteiger partial charge is 0.341 e. The molecule has 0 unspecified atom stereocenters. The van der Waals surface area contributed by atoms with Gasteiger partial charge in [0.05, 0.1) is 13.7 Å². The minimum absolute atomic E-state index is 0.0749. The second kappa shape index (κ2) is 5.21. The number of rotatable bonds is 3. The molecule has 1 rings (SSSR count). The predicted molar refractivity (Wildman–Crippen MR) is 67.7 cm³/mol. The lowest BCUT2D eigenvalue weighted by atomic mass is 9.85. The lowest BCUT2D eigenvalue weighted by Gasteiger charge is -2.23. The zero-order valence-electron chi connectivity index (χ0n) is 11.2.